The van der Waals surface area contributed by atoms with Crippen molar-refractivity contribution in [2.75, 3.05) is 13.2 Å². The van der Waals surface area contributed by atoms with Crippen LogP contribution in [0.1, 0.15) is 18.1 Å². The second-order valence-electron chi connectivity index (χ2n) is 3.82. The third kappa shape index (κ3) is 3.56. The molecular formula is C13H18N2O. The number of hydrogen-bond acceptors (Lipinski definition) is 3. The second kappa shape index (κ2) is 6.14. The molecule has 1 aromatic carbocycles. The molecule has 1 atom stereocenters. The molecule has 86 valence electrons. The number of nitriles is 1. The number of hydrogen-bond donors (Lipinski definition) is 1. The number of benzene rings is 1. The molecule has 0 aromatic heterocycles. The predicted octanol–water partition coefficient (Wildman–Crippen LogP) is 2.18. The Kier molecular flexibility index (Phi) is 4.81. The zero-order chi connectivity index (χ0) is 12.0. The molecule has 0 heterocycles. The van der Waals surface area contributed by atoms with Gasteiger partial charge in [0.15, 0.2) is 0 Å². The summed E-state index contributed by atoms with van der Waals surface area (Å²) in [6.07, 6.45) is 0. The fraction of sp³-hybridized carbons (Fsp3) is 0.462. The Morgan fingerprint density at radius 2 is 2.19 bits per heavy atom. The third-order valence-corrected chi connectivity index (χ3v) is 2.36. The molecule has 0 saturated heterocycles. The van der Waals surface area contributed by atoms with Crippen molar-refractivity contribution >= 4 is 0 Å². The van der Waals surface area contributed by atoms with Gasteiger partial charge in [0.05, 0.1) is 6.07 Å². The van der Waals surface area contributed by atoms with Gasteiger partial charge in [-0.1, -0.05) is 19.1 Å². The van der Waals surface area contributed by atoms with Crippen molar-refractivity contribution in [2.24, 2.45) is 0 Å². The maximum atomic E-state index is 8.87. The van der Waals surface area contributed by atoms with E-state index < -0.39 is 0 Å². The fourth-order valence-electron chi connectivity index (χ4n) is 1.42. The smallest absolute Gasteiger partial charge is 0.130 e. The minimum absolute atomic E-state index is 0.245. The molecule has 0 aliphatic heterocycles. The lowest BCUT2D eigenvalue weighted by molar-refractivity contribution is 0.289. The summed E-state index contributed by atoms with van der Waals surface area (Å²) in [5.41, 5.74) is 2.26. The van der Waals surface area contributed by atoms with Crippen LogP contribution in [0.25, 0.3) is 0 Å². The van der Waals surface area contributed by atoms with Crippen LogP contribution in [0.5, 0.6) is 5.75 Å². The summed E-state index contributed by atoms with van der Waals surface area (Å²) in [5, 5.41) is 11.9. The molecule has 0 amide bonds. The van der Waals surface area contributed by atoms with Crippen molar-refractivity contribution in [1.82, 2.24) is 5.32 Å². The van der Waals surface area contributed by atoms with Crippen LogP contribution < -0.4 is 10.1 Å². The standard InChI is InChI=1S/C13H18N2O/c1-4-15-12(8-14)9-16-13-7-10(2)5-6-11(13)3/h5-7,12,15H,4,9H2,1-3H3. The number of ether oxygens (including phenoxy) is 1. The van der Waals surface area contributed by atoms with Gasteiger partial charge in [-0.25, -0.2) is 0 Å². The van der Waals surface area contributed by atoms with E-state index >= 15 is 0 Å². The normalized spacial score (nSPS) is 11.9. The topological polar surface area (TPSA) is 45.0 Å². The van der Waals surface area contributed by atoms with Gasteiger partial charge in [-0.2, -0.15) is 5.26 Å². The van der Waals surface area contributed by atoms with E-state index in [9.17, 15) is 0 Å². The lowest BCUT2D eigenvalue weighted by atomic mass is 10.1. The number of nitrogens with zero attached hydrogens (tertiary/aromatic N) is 1. The number of aryl methyl sites for hydroxylation is 2. The summed E-state index contributed by atoms with van der Waals surface area (Å²) >= 11 is 0. The first-order valence-corrected chi connectivity index (χ1v) is 5.50. The molecule has 0 fully saturated rings. The van der Waals surface area contributed by atoms with Gasteiger partial charge in [-0.3, -0.25) is 5.32 Å². The second-order valence-corrected chi connectivity index (χ2v) is 3.82. The van der Waals surface area contributed by atoms with Crippen molar-refractivity contribution in [2.45, 2.75) is 26.8 Å². The molecule has 1 aromatic rings. The maximum absolute atomic E-state index is 8.87. The zero-order valence-electron chi connectivity index (χ0n) is 10.1. The third-order valence-electron chi connectivity index (χ3n) is 2.36. The van der Waals surface area contributed by atoms with Crippen molar-refractivity contribution in [1.29, 1.82) is 5.26 Å². The van der Waals surface area contributed by atoms with Gasteiger partial charge >= 0.3 is 0 Å². The Bertz CT molecular complexity index is 382. The summed E-state index contributed by atoms with van der Waals surface area (Å²) in [7, 11) is 0. The zero-order valence-corrected chi connectivity index (χ0v) is 10.1. The minimum Gasteiger partial charge on any atom is -0.491 e. The van der Waals surface area contributed by atoms with Gasteiger partial charge < -0.3 is 4.74 Å². The van der Waals surface area contributed by atoms with Gasteiger partial charge in [0.25, 0.3) is 0 Å². The van der Waals surface area contributed by atoms with Crippen LogP contribution in [0, 0.1) is 25.2 Å². The molecule has 0 saturated carbocycles. The molecule has 1 unspecified atom stereocenters. The summed E-state index contributed by atoms with van der Waals surface area (Å²) in [6, 6.07) is 8.00. The van der Waals surface area contributed by atoms with E-state index in [4.69, 9.17) is 10.00 Å². The fourth-order valence-corrected chi connectivity index (χ4v) is 1.42. The molecule has 1 rings (SSSR count). The lowest BCUT2D eigenvalue weighted by Crippen LogP contribution is -2.33. The van der Waals surface area contributed by atoms with E-state index in [1.807, 2.05) is 39.0 Å². The molecule has 0 aliphatic carbocycles. The van der Waals surface area contributed by atoms with E-state index in [1.165, 1.54) is 0 Å². The van der Waals surface area contributed by atoms with Gasteiger partial charge in [0, 0.05) is 0 Å². The molecule has 1 N–H and O–H groups in total. The Morgan fingerprint density at radius 3 is 2.81 bits per heavy atom. The molecule has 0 radical (unpaired) electrons. The molecule has 0 spiro atoms. The Hall–Kier alpha value is -1.53. The van der Waals surface area contributed by atoms with Crippen molar-refractivity contribution in [3.8, 4) is 11.8 Å². The molecule has 3 nitrogen and oxygen atoms in total. The molecule has 3 heteroatoms. The Balaban J connectivity index is 2.60. The van der Waals surface area contributed by atoms with Crippen LogP contribution in [0.4, 0.5) is 0 Å². The first kappa shape index (κ1) is 12.5. The Morgan fingerprint density at radius 1 is 1.44 bits per heavy atom. The Labute approximate surface area is 97.0 Å². The summed E-state index contributed by atoms with van der Waals surface area (Å²) in [4.78, 5) is 0. The van der Waals surface area contributed by atoms with Crippen molar-refractivity contribution < 1.29 is 4.74 Å². The SMILES string of the molecule is CCNC(C#N)COc1cc(C)ccc1C. The van der Waals surface area contributed by atoms with Crippen LogP contribution in [-0.4, -0.2) is 19.2 Å². The number of nitrogens with one attached hydrogen (secondary N) is 1. The van der Waals surface area contributed by atoms with Gasteiger partial charge in [0.2, 0.25) is 0 Å². The first-order valence-electron chi connectivity index (χ1n) is 5.50. The largest absolute Gasteiger partial charge is 0.491 e. The highest BCUT2D eigenvalue weighted by Crippen LogP contribution is 2.19. The van der Waals surface area contributed by atoms with Crippen LogP contribution >= 0.6 is 0 Å². The van der Waals surface area contributed by atoms with Crippen LogP contribution in [0.15, 0.2) is 18.2 Å². The quantitative estimate of drug-likeness (QED) is 0.824. The lowest BCUT2D eigenvalue weighted by Gasteiger charge is -2.13. The van der Waals surface area contributed by atoms with Crippen molar-refractivity contribution in [3.05, 3.63) is 29.3 Å². The van der Waals surface area contributed by atoms with Crippen molar-refractivity contribution in [3.63, 3.8) is 0 Å². The predicted molar refractivity (Wildman–Crippen MR) is 64.5 cm³/mol. The molecule has 0 aliphatic rings. The van der Waals surface area contributed by atoms with E-state index in [0.29, 0.717) is 6.61 Å². The van der Waals surface area contributed by atoms with E-state index in [-0.39, 0.29) is 6.04 Å². The van der Waals surface area contributed by atoms with E-state index in [0.717, 1.165) is 23.4 Å². The average Bonchev–Trinajstić information content (AvgIpc) is 2.28. The monoisotopic (exact) mass is 218 g/mol. The summed E-state index contributed by atoms with van der Waals surface area (Å²) < 4.78 is 5.64. The van der Waals surface area contributed by atoms with Crippen LogP contribution in [0.3, 0.4) is 0 Å². The first-order chi connectivity index (χ1) is 7.67. The molecule has 16 heavy (non-hydrogen) atoms. The molecular weight excluding hydrogens is 200 g/mol. The molecule has 0 bridgehead atoms. The van der Waals surface area contributed by atoms with E-state index in [1.54, 1.807) is 0 Å². The highest BCUT2D eigenvalue weighted by Gasteiger charge is 2.07. The highest BCUT2D eigenvalue weighted by atomic mass is 16.5. The summed E-state index contributed by atoms with van der Waals surface area (Å²) in [5.74, 6) is 0.859. The highest BCUT2D eigenvalue weighted by molar-refractivity contribution is 5.36. The number of rotatable bonds is 5. The summed E-state index contributed by atoms with van der Waals surface area (Å²) in [6.45, 7) is 7.16. The minimum atomic E-state index is -0.245. The number of likely N-dealkylation sites (N-methyl/N-ethyl adjacent to an activating group) is 1. The van der Waals surface area contributed by atoms with Crippen LogP contribution in [0.2, 0.25) is 0 Å². The van der Waals surface area contributed by atoms with Gasteiger partial charge in [-0.15, -0.1) is 0 Å². The average molecular weight is 218 g/mol. The van der Waals surface area contributed by atoms with Gasteiger partial charge in [0.1, 0.15) is 18.4 Å². The van der Waals surface area contributed by atoms with E-state index in [2.05, 4.69) is 11.4 Å². The maximum Gasteiger partial charge on any atom is 0.130 e. The van der Waals surface area contributed by atoms with Crippen LogP contribution in [-0.2, 0) is 0 Å². The van der Waals surface area contributed by atoms with Gasteiger partial charge in [-0.05, 0) is 37.6 Å².